The first-order chi connectivity index (χ1) is 11.2. The van der Waals surface area contributed by atoms with Crippen molar-refractivity contribution in [3.8, 4) is 22.7 Å². The molecule has 0 aliphatic carbocycles. The fourth-order valence-corrected chi connectivity index (χ4v) is 2.39. The number of aliphatic hydroxyl groups is 1. The summed E-state index contributed by atoms with van der Waals surface area (Å²) in [6.45, 7) is 2.16. The largest absolute Gasteiger partial charge is 0.492 e. The smallest absolute Gasteiger partial charge is 0.145 e. The van der Waals surface area contributed by atoms with Crippen LogP contribution >= 0.6 is 0 Å². The third kappa shape index (κ3) is 2.93. The highest BCUT2D eigenvalue weighted by molar-refractivity contribution is 5.65. The Balaban J connectivity index is 2.18. The third-order valence-corrected chi connectivity index (χ3v) is 3.40. The van der Waals surface area contributed by atoms with E-state index in [2.05, 4.69) is 10.3 Å². The average Bonchev–Trinajstić information content (AvgIpc) is 3.00. The first kappa shape index (κ1) is 15.2. The van der Waals surface area contributed by atoms with Crippen molar-refractivity contribution in [2.24, 2.45) is 0 Å². The average molecular weight is 313 g/mol. The minimum Gasteiger partial charge on any atom is -0.492 e. The molecule has 0 saturated heterocycles. The van der Waals surface area contributed by atoms with E-state index < -0.39 is 0 Å². The summed E-state index contributed by atoms with van der Waals surface area (Å²) in [5.41, 5.74) is 2.45. The van der Waals surface area contributed by atoms with Gasteiger partial charge < -0.3 is 9.84 Å². The summed E-state index contributed by atoms with van der Waals surface area (Å²) in [7, 11) is 0. The molecule has 0 atom stereocenters. The summed E-state index contributed by atoms with van der Waals surface area (Å²) >= 11 is 0. The van der Waals surface area contributed by atoms with E-state index in [9.17, 15) is 9.50 Å². The highest BCUT2D eigenvalue weighted by Crippen LogP contribution is 2.30. The number of aromatic nitrogens is 3. The Hall–Kier alpha value is -2.73. The van der Waals surface area contributed by atoms with Crippen LogP contribution in [0.2, 0.25) is 0 Å². The van der Waals surface area contributed by atoms with Gasteiger partial charge >= 0.3 is 0 Å². The van der Waals surface area contributed by atoms with Crippen LogP contribution < -0.4 is 4.74 Å². The molecule has 0 saturated carbocycles. The van der Waals surface area contributed by atoms with E-state index in [1.54, 1.807) is 16.8 Å². The van der Waals surface area contributed by atoms with Crippen LogP contribution in [0.3, 0.4) is 0 Å². The standard InChI is InChI=1S/C17H16FN3O2/c1-2-23-16-6-4-3-5-15(16)21-17(14(11-22)19-20-21)12-7-9-13(18)10-8-12/h3-10,22H,2,11H2,1H3. The highest BCUT2D eigenvalue weighted by Gasteiger charge is 2.18. The van der Waals surface area contributed by atoms with Gasteiger partial charge in [-0.3, -0.25) is 0 Å². The zero-order valence-corrected chi connectivity index (χ0v) is 12.6. The number of rotatable bonds is 5. The van der Waals surface area contributed by atoms with Crippen molar-refractivity contribution in [2.75, 3.05) is 6.61 Å². The van der Waals surface area contributed by atoms with Crippen LogP contribution in [0.15, 0.2) is 48.5 Å². The second kappa shape index (κ2) is 6.58. The summed E-state index contributed by atoms with van der Waals surface area (Å²) in [6, 6.07) is 13.4. The molecule has 1 aromatic heterocycles. The Labute approximate surface area is 133 Å². The minimum atomic E-state index is -0.326. The number of benzene rings is 2. The van der Waals surface area contributed by atoms with Crippen molar-refractivity contribution in [3.63, 3.8) is 0 Å². The highest BCUT2D eigenvalue weighted by atomic mass is 19.1. The van der Waals surface area contributed by atoms with E-state index in [0.29, 0.717) is 35.0 Å². The summed E-state index contributed by atoms with van der Waals surface area (Å²) in [5.74, 6) is 0.334. The topological polar surface area (TPSA) is 60.2 Å². The van der Waals surface area contributed by atoms with Crippen LogP contribution in [-0.2, 0) is 6.61 Å². The molecule has 1 N–H and O–H groups in total. The zero-order chi connectivity index (χ0) is 16.2. The van der Waals surface area contributed by atoms with Crippen molar-refractivity contribution in [3.05, 3.63) is 60.0 Å². The van der Waals surface area contributed by atoms with E-state index in [1.807, 2.05) is 31.2 Å². The monoisotopic (exact) mass is 313 g/mol. The number of nitrogens with zero attached hydrogens (tertiary/aromatic N) is 3. The molecule has 0 spiro atoms. The predicted molar refractivity (Wildman–Crippen MR) is 83.8 cm³/mol. The Morgan fingerprint density at radius 1 is 1.13 bits per heavy atom. The second-order valence-electron chi connectivity index (χ2n) is 4.86. The van der Waals surface area contributed by atoms with Gasteiger partial charge in [0.05, 0.1) is 13.2 Å². The van der Waals surface area contributed by atoms with Gasteiger partial charge in [-0.2, -0.15) is 0 Å². The Kier molecular flexibility index (Phi) is 4.34. The van der Waals surface area contributed by atoms with Crippen molar-refractivity contribution in [1.29, 1.82) is 0 Å². The van der Waals surface area contributed by atoms with E-state index in [4.69, 9.17) is 4.74 Å². The molecule has 23 heavy (non-hydrogen) atoms. The van der Waals surface area contributed by atoms with Crippen LogP contribution in [0.1, 0.15) is 12.6 Å². The number of para-hydroxylation sites is 2. The molecular formula is C17H16FN3O2. The van der Waals surface area contributed by atoms with Crippen LogP contribution in [-0.4, -0.2) is 26.7 Å². The lowest BCUT2D eigenvalue weighted by molar-refractivity contribution is 0.277. The third-order valence-electron chi connectivity index (χ3n) is 3.40. The van der Waals surface area contributed by atoms with Crippen LogP contribution in [0.5, 0.6) is 5.75 Å². The Morgan fingerprint density at radius 2 is 1.87 bits per heavy atom. The molecular weight excluding hydrogens is 297 g/mol. The predicted octanol–water partition coefficient (Wildman–Crippen LogP) is 2.96. The maximum absolute atomic E-state index is 13.2. The molecule has 6 heteroatoms. The lowest BCUT2D eigenvalue weighted by Gasteiger charge is -2.12. The summed E-state index contributed by atoms with van der Waals surface area (Å²) in [4.78, 5) is 0. The molecule has 1 heterocycles. The minimum absolute atomic E-state index is 0.260. The van der Waals surface area contributed by atoms with Crippen molar-refractivity contribution in [1.82, 2.24) is 15.0 Å². The number of hydrogen-bond donors (Lipinski definition) is 1. The van der Waals surface area contributed by atoms with Crippen molar-refractivity contribution < 1.29 is 14.2 Å². The molecule has 0 aliphatic rings. The Morgan fingerprint density at radius 3 is 2.57 bits per heavy atom. The molecule has 3 rings (SSSR count). The fraction of sp³-hybridized carbons (Fsp3) is 0.176. The molecule has 118 valence electrons. The van der Waals surface area contributed by atoms with Crippen LogP contribution in [0, 0.1) is 5.82 Å². The van der Waals surface area contributed by atoms with Crippen LogP contribution in [0.4, 0.5) is 4.39 Å². The summed E-state index contributed by atoms with van der Waals surface area (Å²) in [5, 5.41) is 17.7. The molecule has 0 unspecified atom stereocenters. The molecule has 3 aromatic rings. The van der Waals surface area contributed by atoms with Crippen LogP contribution in [0.25, 0.3) is 16.9 Å². The number of ether oxygens (including phenoxy) is 1. The number of aliphatic hydroxyl groups excluding tert-OH is 1. The summed E-state index contributed by atoms with van der Waals surface area (Å²) in [6.07, 6.45) is 0. The van der Waals surface area contributed by atoms with Gasteiger partial charge in [-0.05, 0) is 43.3 Å². The molecule has 5 nitrogen and oxygen atoms in total. The van der Waals surface area contributed by atoms with E-state index >= 15 is 0 Å². The molecule has 2 aromatic carbocycles. The maximum atomic E-state index is 13.2. The quantitative estimate of drug-likeness (QED) is 0.787. The van der Waals surface area contributed by atoms with Gasteiger partial charge in [0.2, 0.25) is 0 Å². The van der Waals surface area contributed by atoms with Gasteiger partial charge in [-0.15, -0.1) is 5.10 Å². The van der Waals surface area contributed by atoms with Gasteiger partial charge in [-0.1, -0.05) is 17.3 Å². The number of halogens is 1. The molecule has 0 amide bonds. The van der Waals surface area contributed by atoms with Crippen molar-refractivity contribution >= 4 is 0 Å². The van der Waals surface area contributed by atoms with E-state index in [0.717, 1.165) is 0 Å². The van der Waals surface area contributed by atoms with E-state index in [-0.39, 0.29) is 12.4 Å². The zero-order valence-electron chi connectivity index (χ0n) is 12.6. The lowest BCUT2D eigenvalue weighted by atomic mass is 10.1. The second-order valence-corrected chi connectivity index (χ2v) is 4.86. The normalized spacial score (nSPS) is 10.7. The van der Waals surface area contributed by atoms with Gasteiger partial charge in [0.25, 0.3) is 0 Å². The first-order valence-electron chi connectivity index (χ1n) is 7.28. The molecule has 0 radical (unpaired) electrons. The van der Waals surface area contributed by atoms with Gasteiger partial charge in [-0.25, -0.2) is 9.07 Å². The molecule has 0 bridgehead atoms. The van der Waals surface area contributed by atoms with Gasteiger partial charge in [0, 0.05) is 5.56 Å². The van der Waals surface area contributed by atoms with E-state index in [1.165, 1.54) is 12.1 Å². The lowest BCUT2D eigenvalue weighted by Crippen LogP contribution is -2.04. The van der Waals surface area contributed by atoms with Crippen molar-refractivity contribution in [2.45, 2.75) is 13.5 Å². The fourth-order valence-electron chi connectivity index (χ4n) is 2.39. The number of hydrogen-bond acceptors (Lipinski definition) is 4. The first-order valence-corrected chi connectivity index (χ1v) is 7.28. The van der Waals surface area contributed by atoms with Gasteiger partial charge in [0.1, 0.15) is 28.6 Å². The molecule has 0 aliphatic heterocycles. The molecule has 0 fully saturated rings. The van der Waals surface area contributed by atoms with Gasteiger partial charge in [0.15, 0.2) is 0 Å². The maximum Gasteiger partial charge on any atom is 0.145 e. The Bertz CT molecular complexity index is 800. The SMILES string of the molecule is CCOc1ccccc1-n1nnc(CO)c1-c1ccc(F)cc1. The summed E-state index contributed by atoms with van der Waals surface area (Å²) < 4.78 is 20.4.